The van der Waals surface area contributed by atoms with E-state index in [1.165, 1.54) is 11.1 Å². The molecule has 0 heterocycles. The van der Waals surface area contributed by atoms with Crippen molar-refractivity contribution in [3.8, 4) is 0 Å². The van der Waals surface area contributed by atoms with Crippen molar-refractivity contribution in [2.45, 2.75) is 26.2 Å². The Morgan fingerprint density at radius 1 is 0.818 bits per heavy atom. The highest BCUT2D eigenvalue weighted by molar-refractivity contribution is 5.51. The van der Waals surface area contributed by atoms with Crippen LogP contribution in [0, 0.1) is 0 Å². The van der Waals surface area contributed by atoms with Crippen molar-refractivity contribution in [1.82, 2.24) is 0 Å². The number of hydrogen-bond donors (Lipinski definition) is 0. The SMILES string of the molecule is C=C/C=C(\C=C)C(C)(c1ccccc1)c1ccccc1.CC. The molecule has 2 aromatic carbocycles. The van der Waals surface area contributed by atoms with E-state index in [1.807, 2.05) is 44.2 Å². The van der Waals surface area contributed by atoms with Crippen LogP contribution in [0.1, 0.15) is 31.9 Å². The Morgan fingerprint density at radius 3 is 1.55 bits per heavy atom. The van der Waals surface area contributed by atoms with E-state index in [9.17, 15) is 0 Å². The average Bonchev–Trinajstić information content (AvgIpc) is 2.62. The van der Waals surface area contributed by atoms with Crippen LogP contribution in [0.4, 0.5) is 0 Å². The highest BCUT2D eigenvalue weighted by Gasteiger charge is 2.31. The zero-order valence-electron chi connectivity index (χ0n) is 13.9. The molecule has 0 unspecified atom stereocenters. The minimum atomic E-state index is -0.224. The Hall–Kier alpha value is -2.34. The van der Waals surface area contributed by atoms with Gasteiger partial charge in [0, 0.05) is 5.41 Å². The number of rotatable bonds is 5. The number of benzene rings is 2. The Labute approximate surface area is 135 Å². The van der Waals surface area contributed by atoms with Crippen LogP contribution < -0.4 is 0 Å². The zero-order valence-corrected chi connectivity index (χ0v) is 13.9. The molecule has 2 rings (SSSR count). The monoisotopic (exact) mass is 290 g/mol. The third-order valence-corrected chi connectivity index (χ3v) is 3.80. The second kappa shape index (κ2) is 8.84. The van der Waals surface area contributed by atoms with Crippen molar-refractivity contribution >= 4 is 0 Å². The normalized spacial score (nSPS) is 11.1. The van der Waals surface area contributed by atoms with Crippen LogP contribution in [-0.4, -0.2) is 0 Å². The van der Waals surface area contributed by atoms with Gasteiger partial charge in [0.05, 0.1) is 0 Å². The smallest absolute Gasteiger partial charge is 0.0423 e. The molecular formula is C22H26. The summed E-state index contributed by atoms with van der Waals surface area (Å²) < 4.78 is 0. The molecule has 0 heteroatoms. The molecule has 0 nitrogen and oxygen atoms in total. The summed E-state index contributed by atoms with van der Waals surface area (Å²) in [6.07, 6.45) is 5.77. The molecule has 0 saturated heterocycles. The Balaban J connectivity index is 0.00000116. The summed E-state index contributed by atoms with van der Waals surface area (Å²) in [6, 6.07) is 21.0. The fourth-order valence-corrected chi connectivity index (χ4v) is 2.61. The molecule has 22 heavy (non-hydrogen) atoms. The predicted octanol–water partition coefficient (Wildman–Crippen LogP) is 6.32. The molecule has 0 aromatic heterocycles. The largest absolute Gasteiger partial charge is 0.0991 e. The lowest BCUT2D eigenvalue weighted by Gasteiger charge is -2.32. The minimum Gasteiger partial charge on any atom is -0.0991 e. The van der Waals surface area contributed by atoms with Gasteiger partial charge in [-0.3, -0.25) is 0 Å². The van der Waals surface area contributed by atoms with Crippen molar-refractivity contribution in [1.29, 1.82) is 0 Å². The molecule has 0 aliphatic rings. The van der Waals surface area contributed by atoms with Crippen molar-refractivity contribution in [2.75, 3.05) is 0 Å². The molecule has 0 atom stereocenters. The third-order valence-electron chi connectivity index (χ3n) is 3.80. The maximum Gasteiger partial charge on any atom is 0.0423 e. The molecular weight excluding hydrogens is 264 g/mol. The first-order valence-electron chi connectivity index (χ1n) is 7.80. The van der Waals surface area contributed by atoms with Crippen LogP contribution in [-0.2, 0) is 5.41 Å². The molecule has 0 saturated carbocycles. The third kappa shape index (κ3) is 3.65. The topological polar surface area (TPSA) is 0 Å². The summed E-state index contributed by atoms with van der Waals surface area (Å²) in [6.45, 7) is 14.0. The first-order valence-corrected chi connectivity index (χ1v) is 7.80. The molecule has 0 radical (unpaired) electrons. The fraction of sp³-hybridized carbons (Fsp3) is 0.182. The summed E-state index contributed by atoms with van der Waals surface area (Å²) in [5.74, 6) is 0. The molecule has 0 N–H and O–H groups in total. The van der Waals surface area contributed by atoms with Gasteiger partial charge in [-0.05, 0) is 23.6 Å². The van der Waals surface area contributed by atoms with E-state index < -0.39 is 0 Å². The van der Waals surface area contributed by atoms with Crippen LogP contribution in [0.2, 0.25) is 0 Å². The van der Waals surface area contributed by atoms with Crippen LogP contribution in [0.25, 0.3) is 0 Å². The van der Waals surface area contributed by atoms with E-state index in [0.29, 0.717) is 0 Å². The van der Waals surface area contributed by atoms with Crippen molar-refractivity contribution in [3.05, 3.63) is 109 Å². The Morgan fingerprint density at radius 2 is 1.23 bits per heavy atom. The highest BCUT2D eigenvalue weighted by atomic mass is 14.3. The highest BCUT2D eigenvalue weighted by Crippen LogP contribution is 2.39. The summed E-state index contributed by atoms with van der Waals surface area (Å²) >= 11 is 0. The molecule has 0 aliphatic carbocycles. The first kappa shape index (κ1) is 17.7. The van der Waals surface area contributed by atoms with E-state index >= 15 is 0 Å². The van der Waals surface area contributed by atoms with Gasteiger partial charge >= 0.3 is 0 Å². The fourth-order valence-electron chi connectivity index (χ4n) is 2.61. The van der Waals surface area contributed by atoms with Crippen LogP contribution >= 0.6 is 0 Å². The van der Waals surface area contributed by atoms with E-state index in [0.717, 1.165) is 5.57 Å². The summed E-state index contributed by atoms with van der Waals surface area (Å²) in [5.41, 5.74) is 3.42. The molecule has 0 fully saturated rings. The van der Waals surface area contributed by atoms with Crippen LogP contribution in [0.5, 0.6) is 0 Å². The van der Waals surface area contributed by atoms with E-state index in [1.54, 1.807) is 0 Å². The molecule has 0 spiro atoms. The van der Waals surface area contributed by atoms with Crippen molar-refractivity contribution in [3.63, 3.8) is 0 Å². The van der Waals surface area contributed by atoms with E-state index in [2.05, 4.69) is 68.6 Å². The lowest BCUT2D eigenvalue weighted by Crippen LogP contribution is -2.25. The predicted molar refractivity (Wildman–Crippen MR) is 99.2 cm³/mol. The minimum absolute atomic E-state index is 0.224. The van der Waals surface area contributed by atoms with E-state index in [-0.39, 0.29) is 5.41 Å². The first-order chi connectivity index (χ1) is 10.7. The second-order valence-corrected chi connectivity index (χ2v) is 4.92. The van der Waals surface area contributed by atoms with Gasteiger partial charge in [0.1, 0.15) is 0 Å². The standard InChI is InChI=1S/C20H20.C2H6/c1-4-12-17(5-2)20(3,18-13-8-6-9-14-18)19-15-10-7-11-16-19;1-2/h4-16H,1-2H2,3H3;1-2H3/b17-12+;. The molecule has 114 valence electrons. The number of hydrogen-bond acceptors (Lipinski definition) is 0. The van der Waals surface area contributed by atoms with Gasteiger partial charge in [0.25, 0.3) is 0 Å². The maximum atomic E-state index is 3.98. The lowest BCUT2D eigenvalue weighted by atomic mass is 9.70. The quantitative estimate of drug-likeness (QED) is 0.565. The molecule has 0 bridgehead atoms. The molecule has 0 aliphatic heterocycles. The van der Waals surface area contributed by atoms with Gasteiger partial charge in [0.2, 0.25) is 0 Å². The summed E-state index contributed by atoms with van der Waals surface area (Å²) in [4.78, 5) is 0. The van der Waals surface area contributed by atoms with Crippen molar-refractivity contribution in [2.24, 2.45) is 0 Å². The Bertz CT molecular complexity index is 564. The van der Waals surface area contributed by atoms with Gasteiger partial charge in [-0.2, -0.15) is 0 Å². The molecule has 2 aromatic rings. The maximum absolute atomic E-state index is 3.98. The number of allylic oxidation sites excluding steroid dienone is 4. The van der Waals surface area contributed by atoms with Gasteiger partial charge in [-0.15, -0.1) is 0 Å². The summed E-state index contributed by atoms with van der Waals surface area (Å²) in [7, 11) is 0. The van der Waals surface area contributed by atoms with Crippen LogP contribution in [0.3, 0.4) is 0 Å². The Kier molecular flexibility index (Phi) is 7.12. The van der Waals surface area contributed by atoms with Gasteiger partial charge in [-0.1, -0.05) is 106 Å². The average molecular weight is 290 g/mol. The van der Waals surface area contributed by atoms with Gasteiger partial charge in [-0.25, -0.2) is 0 Å². The van der Waals surface area contributed by atoms with Gasteiger partial charge in [0.15, 0.2) is 0 Å². The lowest BCUT2D eigenvalue weighted by molar-refractivity contribution is 0.691. The second-order valence-electron chi connectivity index (χ2n) is 4.92. The summed E-state index contributed by atoms with van der Waals surface area (Å²) in [5, 5.41) is 0. The van der Waals surface area contributed by atoms with E-state index in [4.69, 9.17) is 0 Å². The zero-order chi connectivity index (χ0) is 16.4. The van der Waals surface area contributed by atoms with Crippen LogP contribution in [0.15, 0.2) is 97.6 Å². The van der Waals surface area contributed by atoms with Gasteiger partial charge < -0.3 is 0 Å². The molecule has 0 amide bonds. The van der Waals surface area contributed by atoms with Crippen molar-refractivity contribution < 1.29 is 0 Å².